The number of hydrogen-bond acceptors (Lipinski definition) is 4. The summed E-state index contributed by atoms with van der Waals surface area (Å²) in [7, 11) is -3.97. The molecular formula is C21H22KO4P. The molecule has 0 radical (unpaired) electrons. The molecule has 0 saturated carbocycles. The van der Waals surface area contributed by atoms with Crippen molar-refractivity contribution in [3.63, 3.8) is 0 Å². The molecule has 0 aliphatic carbocycles. The van der Waals surface area contributed by atoms with Crippen LogP contribution in [0.25, 0.3) is 0 Å². The van der Waals surface area contributed by atoms with Gasteiger partial charge in [-0.25, -0.2) is 0 Å². The van der Waals surface area contributed by atoms with Gasteiger partial charge >= 0.3 is 59.2 Å². The number of rotatable bonds is 6. The Bertz CT molecular complexity index is 842. The molecular weight excluding hydrogens is 386 g/mol. The predicted octanol–water partition coefficient (Wildman–Crippen LogP) is 3.37. The summed E-state index contributed by atoms with van der Waals surface area (Å²) < 4.78 is 30.8. The summed E-state index contributed by atoms with van der Waals surface area (Å²) >= 11 is 0. The molecule has 3 rings (SSSR count). The van der Waals surface area contributed by atoms with E-state index >= 15 is 0 Å². The number of aryl methyl sites for hydroxylation is 3. The van der Waals surface area contributed by atoms with E-state index in [1.165, 1.54) is 0 Å². The topological polar surface area (TPSA) is 44.8 Å². The van der Waals surface area contributed by atoms with E-state index < -0.39 is 7.82 Å². The van der Waals surface area contributed by atoms with Crippen molar-refractivity contribution in [1.82, 2.24) is 0 Å². The average molecular weight is 408 g/mol. The van der Waals surface area contributed by atoms with Gasteiger partial charge < -0.3 is 15.0 Å². The average Bonchev–Trinajstić information content (AvgIpc) is 2.61. The summed E-state index contributed by atoms with van der Waals surface area (Å²) in [5.41, 5.74) is 2.53. The van der Waals surface area contributed by atoms with Crippen LogP contribution in [-0.2, 0) is 4.57 Å². The van der Waals surface area contributed by atoms with Crippen LogP contribution < -0.4 is 65.0 Å². The second-order valence-corrected chi connectivity index (χ2v) is 7.46. The molecule has 3 aromatic carbocycles. The molecule has 0 unspecified atom stereocenters. The predicted molar refractivity (Wildman–Crippen MR) is 104 cm³/mol. The molecule has 0 heterocycles. The molecule has 4 nitrogen and oxygen atoms in total. The molecule has 0 spiro atoms. The van der Waals surface area contributed by atoms with Crippen molar-refractivity contribution >= 4 is 7.82 Å². The van der Waals surface area contributed by atoms with Crippen LogP contribution in [0.3, 0.4) is 0 Å². The van der Waals surface area contributed by atoms with Gasteiger partial charge in [0.1, 0.15) is 17.2 Å². The number of phosphoric acid groups is 1. The van der Waals surface area contributed by atoms with E-state index in [1.807, 2.05) is 75.4 Å². The first-order valence-corrected chi connectivity index (χ1v) is 9.79. The van der Waals surface area contributed by atoms with E-state index in [-0.39, 0.29) is 52.8 Å². The summed E-state index contributed by atoms with van der Waals surface area (Å²) in [5.74, 6) is 1.37. The monoisotopic (exact) mass is 408 g/mol. The van der Waals surface area contributed by atoms with Crippen molar-refractivity contribution in [1.29, 1.82) is 0 Å². The summed E-state index contributed by atoms with van der Waals surface area (Å²) in [6.45, 7) is 5.63. The quantitative estimate of drug-likeness (QED) is 0.463. The largest absolute Gasteiger partial charge is 1.00 e. The Balaban J connectivity index is 0.00000196. The maximum absolute atomic E-state index is 13.5. The van der Waals surface area contributed by atoms with Crippen LogP contribution in [0.5, 0.6) is 17.2 Å². The van der Waals surface area contributed by atoms with Crippen molar-refractivity contribution in [2.75, 3.05) is 0 Å². The van der Waals surface area contributed by atoms with Gasteiger partial charge in [0.15, 0.2) is 0 Å². The Hall–Kier alpha value is -1.07. The Morgan fingerprint density at radius 1 is 0.593 bits per heavy atom. The van der Waals surface area contributed by atoms with Crippen LogP contribution in [0.2, 0.25) is 0 Å². The molecule has 27 heavy (non-hydrogen) atoms. The van der Waals surface area contributed by atoms with Gasteiger partial charge in [0.25, 0.3) is 0 Å². The molecule has 136 valence electrons. The molecule has 0 amide bonds. The zero-order valence-corrected chi connectivity index (χ0v) is 20.0. The van der Waals surface area contributed by atoms with Crippen molar-refractivity contribution in [2.24, 2.45) is 0 Å². The molecule has 0 fully saturated rings. The summed E-state index contributed by atoms with van der Waals surface area (Å²) in [5, 5.41) is 0. The van der Waals surface area contributed by atoms with Gasteiger partial charge in [-0.1, -0.05) is 54.6 Å². The van der Waals surface area contributed by atoms with Gasteiger partial charge in [-0.05, 0) is 55.7 Å². The van der Waals surface area contributed by atoms with E-state index in [4.69, 9.17) is 13.6 Å². The van der Waals surface area contributed by atoms with Crippen molar-refractivity contribution < 1.29 is 70.9 Å². The molecule has 0 N–H and O–H groups in total. The maximum atomic E-state index is 13.5. The Morgan fingerprint density at radius 2 is 0.852 bits per heavy atom. The smallest absolute Gasteiger partial charge is 1.00 e. The molecule has 0 saturated heterocycles. The van der Waals surface area contributed by atoms with Crippen molar-refractivity contribution in [3.8, 4) is 17.2 Å². The third kappa shape index (κ3) is 5.95. The van der Waals surface area contributed by atoms with Crippen LogP contribution in [0.4, 0.5) is 0 Å². The summed E-state index contributed by atoms with van der Waals surface area (Å²) in [4.78, 5) is 0. The molecule has 0 aliphatic rings. The number of phosphoric ester groups is 1. The van der Waals surface area contributed by atoms with Crippen molar-refractivity contribution in [2.45, 2.75) is 20.8 Å². The van der Waals surface area contributed by atoms with E-state index in [0.717, 1.165) is 16.7 Å². The normalized spacial score (nSPS) is 10.6. The Labute approximate surface area is 204 Å². The minimum absolute atomic E-state index is 0. The molecule has 0 atom stereocenters. The number of hydrogen-bond donors (Lipinski definition) is 0. The van der Waals surface area contributed by atoms with Gasteiger partial charge in [-0.15, -0.1) is 0 Å². The third-order valence-corrected chi connectivity index (χ3v) is 5.17. The fourth-order valence-corrected chi connectivity index (χ4v) is 3.84. The standard InChI is InChI=1S/C21H21O4P.K.H/c1-16-10-4-7-13-19(16)23-26(22,24-20-14-8-5-11-17(20)2)25-21-15-9-6-12-18(21)3;;/h4-15H,1-3H3;;/q;+1;-1. The zero-order valence-electron chi connectivity index (χ0n) is 17.0. The second kappa shape index (κ2) is 9.92. The first-order chi connectivity index (χ1) is 12.5. The van der Waals surface area contributed by atoms with E-state index in [2.05, 4.69) is 0 Å². The Kier molecular flexibility index (Phi) is 8.16. The SMILES string of the molecule is Cc1ccccc1OP(=O)(Oc1ccccc1C)Oc1ccccc1C.[H-].[K+]. The van der Waals surface area contributed by atoms with E-state index in [9.17, 15) is 4.57 Å². The number of benzene rings is 3. The van der Waals surface area contributed by atoms with Crippen molar-refractivity contribution in [3.05, 3.63) is 89.5 Å². The first-order valence-electron chi connectivity index (χ1n) is 8.32. The summed E-state index contributed by atoms with van der Waals surface area (Å²) in [6, 6.07) is 22.0. The fourth-order valence-electron chi connectivity index (χ4n) is 2.39. The van der Waals surface area contributed by atoms with Crippen LogP contribution in [-0.4, -0.2) is 0 Å². The zero-order chi connectivity index (χ0) is 18.6. The molecule has 0 aromatic heterocycles. The van der Waals surface area contributed by atoms with Crippen LogP contribution in [0.15, 0.2) is 72.8 Å². The minimum Gasteiger partial charge on any atom is -1.00 e. The fraction of sp³-hybridized carbons (Fsp3) is 0.143. The molecule has 0 bridgehead atoms. The maximum Gasteiger partial charge on any atom is 1.00 e. The van der Waals surface area contributed by atoms with E-state index in [0.29, 0.717) is 17.2 Å². The first kappa shape index (κ1) is 22.2. The van der Waals surface area contributed by atoms with Crippen LogP contribution in [0.1, 0.15) is 18.1 Å². The Morgan fingerprint density at radius 3 is 1.11 bits per heavy atom. The van der Waals surface area contributed by atoms with Gasteiger partial charge in [0, 0.05) is 0 Å². The molecule has 3 aromatic rings. The summed E-state index contributed by atoms with van der Waals surface area (Å²) in [6.07, 6.45) is 0. The van der Waals surface area contributed by atoms with Gasteiger partial charge in [0.05, 0.1) is 0 Å². The van der Waals surface area contributed by atoms with Gasteiger partial charge in [-0.3, -0.25) is 0 Å². The van der Waals surface area contributed by atoms with E-state index in [1.54, 1.807) is 18.2 Å². The third-order valence-electron chi connectivity index (χ3n) is 3.91. The molecule has 6 heteroatoms. The van der Waals surface area contributed by atoms with Crippen LogP contribution in [0, 0.1) is 20.8 Å². The number of para-hydroxylation sites is 3. The van der Waals surface area contributed by atoms with Gasteiger partial charge in [0.2, 0.25) is 0 Å². The second-order valence-electron chi connectivity index (χ2n) is 6.02. The van der Waals surface area contributed by atoms with Gasteiger partial charge in [-0.2, -0.15) is 4.57 Å². The molecule has 0 aliphatic heterocycles. The van der Waals surface area contributed by atoms with Crippen LogP contribution >= 0.6 is 7.82 Å². The minimum atomic E-state index is -3.97.